The van der Waals surface area contributed by atoms with Crippen molar-refractivity contribution in [2.24, 2.45) is 0 Å². The molecule has 0 aliphatic carbocycles. The molecule has 1 fully saturated rings. The molecule has 0 amide bonds. The maximum atomic E-state index is 15.0. The Balaban J connectivity index is 1.39. The molecule has 4 heteroatoms. The van der Waals surface area contributed by atoms with Crippen LogP contribution in [0.4, 0.5) is 13.2 Å². The van der Waals surface area contributed by atoms with Crippen molar-refractivity contribution in [3.63, 3.8) is 0 Å². The van der Waals surface area contributed by atoms with Crippen LogP contribution in [-0.2, 0) is 12.8 Å². The molecule has 3 aromatic carbocycles. The van der Waals surface area contributed by atoms with Crippen LogP contribution < -0.4 is 0 Å². The Bertz CT molecular complexity index is 1040. The SMILES string of the molecule is CCC[SiH]1CCC(c2ccc(-c3ccc(CCc4ccc(F)c(F)c4)cc3)c(F)c2)CC1. The first-order valence-corrected chi connectivity index (χ1v) is 14.3. The number of rotatable bonds is 7. The monoisotopic (exact) mass is 452 g/mol. The van der Waals surface area contributed by atoms with E-state index in [0.717, 1.165) is 28.7 Å². The minimum Gasteiger partial charge on any atom is -0.206 e. The molecular weight excluding hydrogens is 421 g/mol. The third-order valence-corrected chi connectivity index (χ3v) is 10.7. The van der Waals surface area contributed by atoms with Crippen molar-refractivity contribution in [2.75, 3.05) is 0 Å². The van der Waals surface area contributed by atoms with Crippen LogP contribution in [0.1, 0.15) is 48.8 Å². The van der Waals surface area contributed by atoms with Gasteiger partial charge in [-0.25, -0.2) is 13.2 Å². The zero-order valence-electron chi connectivity index (χ0n) is 18.7. The number of halogens is 3. The van der Waals surface area contributed by atoms with Crippen molar-refractivity contribution in [1.29, 1.82) is 0 Å². The maximum absolute atomic E-state index is 15.0. The lowest BCUT2D eigenvalue weighted by Crippen LogP contribution is -2.20. The summed E-state index contributed by atoms with van der Waals surface area (Å²) in [6.07, 6.45) is 5.11. The van der Waals surface area contributed by atoms with Crippen LogP contribution in [0.25, 0.3) is 11.1 Å². The standard InChI is InChI=1S/C28H31F3Si/c1-2-15-32-16-13-22(14-17-32)24-10-11-25(27(30)19-24)23-8-5-20(6-9-23)3-4-21-7-12-26(29)28(31)18-21/h5-12,18-19,22,32H,2-4,13-17H2,1H3. The summed E-state index contributed by atoms with van der Waals surface area (Å²) in [5.41, 5.74) is 4.50. The fourth-order valence-electron chi connectivity index (χ4n) is 5.05. The minimum absolute atomic E-state index is 0.148. The summed E-state index contributed by atoms with van der Waals surface area (Å²) in [4.78, 5) is 0. The van der Waals surface area contributed by atoms with Crippen molar-refractivity contribution in [2.45, 2.75) is 63.1 Å². The molecule has 0 nitrogen and oxygen atoms in total. The molecule has 0 bridgehead atoms. The third-order valence-electron chi connectivity index (χ3n) is 6.96. The summed E-state index contributed by atoms with van der Waals surface area (Å²) in [6, 6.07) is 21.9. The molecule has 0 N–H and O–H groups in total. The molecule has 0 saturated carbocycles. The van der Waals surface area contributed by atoms with Crippen molar-refractivity contribution in [1.82, 2.24) is 0 Å². The van der Waals surface area contributed by atoms with E-state index in [1.165, 1.54) is 49.5 Å². The fraction of sp³-hybridized carbons (Fsp3) is 0.357. The minimum atomic E-state index is -0.822. The molecular formula is C28H31F3Si. The predicted molar refractivity (Wildman–Crippen MR) is 129 cm³/mol. The van der Waals surface area contributed by atoms with Gasteiger partial charge in [-0.05, 0) is 72.1 Å². The van der Waals surface area contributed by atoms with Gasteiger partial charge in [0.15, 0.2) is 11.6 Å². The summed E-state index contributed by atoms with van der Waals surface area (Å²) >= 11 is 0. The highest BCUT2D eigenvalue weighted by Gasteiger charge is 2.23. The van der Waals surface area contributed by atoms with E-state index in [9.17, 15) is 13.2 Å². The van der Waals surface area contributed by atoms with Gasteiger partial charge in [0.05, 0.1) is 0 Å². The van der Waals surface area contributed by atoms with E-state index in [0.29, 0.717) is 17.9 Å². The summed E-state index contributed by atoms with van der Waals surface area (Å²) < 4.78 is 41.4. The van der Waals surface area contributed by atoms with Gasteiger partial charge in [-0.2, -0.15) is 0 Å². The van der Waals surface area contributed by atoms with Crippen LogP contribution in [0.2, 0.25) is 18.1 Å². The van der Waals surface area contributed by atoms with Crippen LogP contribution in [0.15, 0.2) is 60.7 Å². The number of hydrogen-bond donors (Lipinski definition) is 0. The average molecular weight is 453 g/mol. The Labute approximate surface area is 191 Å². The molecule has 168 valence electrons. The van der Waals surface area contributed by atoms with Crippen LogP contribution in [0.3, 0.4) is 0 Å². The molecule has 0 radical (unpaired) electrons. The summed E-state index contributed by atoms with van der Waals surface area (Å²) in [5, 5.41) is 0. The van der Waals surface area contributed by atoms with Crippen molar-refractivity contribution < 1.29 is 13.2 Å². The second kappa shape index (κ2) is 10.5. The molecule has 4 rings (SSSR count). The third kappa shape index (κ3) is 5.53. The average Bonchev–Trinajstić information content (AvgIpc) is 2.81. The first kappa shape index (κ1) is 22.8. The van der Waals surface area contributed by atoms with Gasteiger partial charge >= 0.3 is 0 Å². The Morgan fingerprint density at radius 3 is 2.09 bits per heavy atom. The fourth-order valence-corrected chi connectivity index (χ4v) is 8.48. The van der Waals surface area contributed by atoms with Gasteiger partial charge in [-0.1, -0.05) is 73.9 Å². The molecule has 0 spiro atoms. The van der Waals surface area contributed by atoms with Gasteiger partial charge in [-0.15, -0.1) is 0 Å². The topological polar surface area (TPSA) is 0 Å². The second-order valence-corrected chi connectivity index (χ2v) is 12.7. The zero-order chi connectivity index (χ0) is 22.5. The highest BCUT2D eigenvalue weighted by molar-refractivity contribution is 6.59. The van der Waals surface area contributed by atoms with E-state index in [1.54, 1.807) is 12.1 Å². The molecule has 0 aromatic heterocycles. The van der Waals surface area contributed by atoms with Crippen molar-refractivity contribution in [3.8, 4) is 11.1 Å². The molecule has 32 heavy (non-hydrogen) atoms. The molecule has 1 heterocycles. The highest BCUT2D eigenvalue weighted by Crippen LogP contribution is 2.36. The Kier molecular flexibility index (Phi) is 7.51. The largest absolute Gasteiger partial charge is 0.206 e. The van der Waals surface area contributed by atoms with Gasteiger partial charge in [0.1, 0.15) is 5.82 Å². The van der Waals surface area contributed by atoms with Crippen molar-refractivity contribution >= 4 is 8.80 Å². The van der Waals surface area contributed by atoms with Gasteiger partial charge < -0.3 is 0 Å². The van der Waals surface area contributed by atoms with E-state index in [2.05, 4.69) is 13.0 Å². The Hall–Kier alpha value is -2.33. The first-order valence-electron chi connectivity index (χ1n) is 11.9. The quantitative estimate of drug-likeness (QED) is 0.318. The van der Waals surface area contributed by atoms with Crippen LogP contribution >= 0.6 is 0 Å². The molecule has 3 aromatic rings. The summed E-state index contributed by atoms with van der Waals surface area (Å²) in [5.74, 6) is -1.27. The van der Waals surface area contributed by atoms with E-state index in [4.69, 9.17) is 0 Å². The molecule has 1 aliphatic rings. The van der Waals surface area contributed by atoms with E-state index < -0.39 is 20.4 Å². The van der Waals surface area contributed by atoms with E-state index >= 15 is 0 Å². The van der Waals surface area contributed by atoms with Gasteiger partial charge in [0.2, 0.25) is 0 Å². The first-order chi connectivity index (χ1) is 15.5. The zero-order valence-corrected chi connectivity index (χ0v) is 19.9. The smallest absolute Gasteiger partial charge is 0.159 e. The summed E-state index contributed by atoms with van der Waals surface area (Å²) in [6.45, 7) is 2.28. The highest BCUT2D eigenvalue weighted by atomic mass is 28.3. The Morgan fingerprint density at radius 1 is 0.750 bits per heavy atom. The number of hydrogen-bond acceptors (Lipinski definition) is 0. The number of benzene rings is 3. The lowest BCUT2D eigenvalue weighted by atomic mass is 9.91. The van der Waals surface area contributed by atoms with Crippen LogP contribution in [-0.4, -0.2) is 8.80 Å². The lowest BCUT2D eigenvalue weighted by Gasteiger charge is -2.28. The van der Waals surface area contributed by atoms with Crippen LogP contribution in [0, 0.1) is 17.5 Å². The molecule has 1 saturated heterocycles. The predicted octanol–water partition coefficient (Wildman–Crippen LogP) is 8.07. The normalized spacial score (nSPS) is 18.6. The Morgan fingerprint density at radius 2 is 1.44 bits per heavy atom. The lowest BCUT2D eigenvalue weighted by molar-refractivity contribution is 0.507. The molecule has 0 unspecified atom stereocenters. The van der Waals surface area contributed by atoms with Crippen LogP contribution in [0.5, 0.6) is 0 Å². The number of aryl methyl sites for hydroxylation is 2. The van der Waals surface area contributed by atoms with E-state index in [1.807, 2.05) is 30.3 Å². The molecule has 0 atom stereocenters. The summed E-state index contributed by atoms with van der Waals surface area (Å²) in [7, 11) is -0.525. The van der Waals surface area contributed by atoms with Gasteiger partial charge in [0.25, 0.3) is 0 Å². The van der Waals surface area contributed by atoms with E-state index in [-0.39, 0.29) is 5.82 Å². The second-order valence-electron chi connectivity index (χ2n) is 9.19. The maximum Gasteiger partial charge on any atom is 0.159 e. The van der Waals surface area contributed by atoms with Gasteiger partial charge in [0, 0.05) is 14.4 Å². The van der Waals surface area contributed by atoms with Crippen molar-refractivity contribution in [3.05, 3.63) is 94.8 Å². The molecule has 1 aliphatic heterocycles. The van der Waals surface area contributed by atoms with Gasteiger partial charge in [-0.3, -0.25) is 0 Å².